The second kappa shape index (κ2) is 7.06. The Kier molecular flexibility index (Phi) is 4.99. The van der Waals surface area contributed by atoms with Crippen LogP contribution in [0.3, 0.4) is 0 Å². The van der Waals surface area contributed by atoms with E-state index in [0.29, 0.717) is 0 Å². The molecule has 0 radical (unpaired) electrons. The number of hydrogen-bond donors (Lipinski definition) is 0. The van der Waals surface area contributed by atoms with E-state index in [2.05, 4.69) is 45.7 Å². The summed E-state index contributed by atoms with van der Waals surface area (Å²) < 4.78 is 5.80. The summed E-state index contributed by atoms with van der Waals surface area (Å²) in [5, 5.41) is 1.12. The number of carbonyl (C=O) groups excluding carboxylic acids is 1. The highest BCUT2D eigenvalue weighted by Crippen LogP contribution is 2.39. The molecule has 2 heterocycles. The Labute approximate surface area is 155 Å². The lowest BCUT2D eigenvalue weighted by Gasteiger charge is -2.19. The van der Waals surface area contributed by atoms with Crippen molar-refractivity contribution in [2.75, 3.05) is 0 Å². The van der Waals surface area contributed by atoms with Crippen LogP contribution in [0.2, 0.25) is 0 Å². The summed E-state index contributed by atoms with van der Waals surface area (Å²) in [6.45, 7) is 12.5. The van der Waals surface area contributed by atoms with Crippen LogP contribution in [-0.4, -0.2) is 18.5 Å². The summed E-state index contributed by atoms with van der Waals surface area (Å²) in [6, 6.07) is 2.37. The molecule has 3 nitrogen and oxygen atoms in total. The van der Waals surface area contributed by atoms with Crippen molar-refractivity contribution in [1.82, 2.24) is 0 Å². The molecular formula is C23H27NO2. The van der Waals surface area contributed by atoms with E-state index in [4.69, 9.17) is 4.42 Å². The number of aliphatic imine (C=N–C) groups is 1. The Morgan fingerprint density at radius 1 is 1.27 bits per heavy atom. The number of fused-ring (bicyclic) bond motifs is 1. The molecule has 2 aromatic rings. The monoisotopic (exact) mass is 349 g/mol. The lowest BCUT2D eigenvalue weighted by molar-refractivity contribution is -0.104. The Bertz CT molecular complexity index is 970. The second-order valence-electron chi connectivity index (χ2n) is 7.10. The van der Waals surface area contributed by atoms with Gasteiger partial charge in [0, 0.05) is 17.2 Å². The van der Waals surface area contributed by atoms with Gasteiger partial charge in [0.25, 0.3) is 0 Å². The fourth-order valence-corrected chi connectivity index (χ4v) is 4.10. The first kappa shape index (κ1) is 18.4. The summed E-state index contributed by atoms with van der Waals surface area (Å²) in [5.41, 5.74) is 9.77. The zero-order chi connectivity index (χ0) is 19.0. The molecule has 1 aromatic heterocycles. The third-order valence-electron chi connectivity index (χ3n) is 5.55. The lowest BCUT2D eigenvalue weighted by Crippen LogP contribution is -2.05. The molecule has 1 aliphatic rings. The van der Waals surface area contributed by atoms with Crippen LogP contribution < -0.4 is 0 Å². The smallest absolute Gasteiger partial charge is 0.146 e. The van der Waals surface area contributed by atoms with E-state index in [0.717, 1.165) is 63.5 Å². The van der Waals surface area contributed by atoms with E-state index in [1.165, 1.54) is 11.1 Å². The van der Waals surface area contributed by atoms with Gasteiger partial charge in [0.1, 0.15) is 11.9 Å². The normalized spacial score (nSPS) is 18.0. The van der Waals surface area contributed by atoms with Gasteiger partial charge in [-0.05, 0) is 85.6 Å². The predicted molar refractivity (Wildman–Crippen MR) is 109 cm³/mol. The molecule has 0 N–H and O–H groups in total. The summed E-state index contributed by atoms with van der Waals surface area (Å²) in [4.78, 5) is 16.4. The molecule has 1 aromatic carbocycles. The molecular weight excluding hydrogens is 322 g/mol. The molecule has 0 bridgehead atoms. The van der Waals surface area contributed by atoms with Gasteiger partial charge in [-0.2, -0.15) is 0 Å². The molecule has 1 aliphatic heterocycles. The van der Waals surface area contributed by atoms with E-state index >= 15 is 0 Å². The van der Waals surface area contributed by atoms with Crippen LogP contribution in [0.4, 0.5) is 0 Å². The number of hydrogen-bond acceptors (Lipinski definition) is 3. The van der Waals surface area contributed by atoms with Crippen molar-refractivity contribution in [2.24, 2.45) is 4.99 Å². The molecule has 0 saturated carbocycles. The van der Waals surface area contributed by atoms with Gasteiger partial charge in [-0.15, -0.1) is 0 Å². The quantitative estimate of drug-likeness (QED) is 0.508. The Morgan fingerprint density at radius 3 is 2.62 bits per heavy atom. The Hall–Kier alpha value is -2.42. The molecule has 0 fully saturated rings. The van der Waals surface area contributed by atoms with E-state index in [-0.39, 0.29) is 6.04 Å². The summed E-state index contributed by atoms with van der Waals surface area (Å²) >= 11 is 0. The second-order valence-corrected chi connectivity index (χ2v) is 7.10. The largest absolute Gasteiger partial charge is 0.464 e. The molecule has 1 atom stereocenters. The minimum absolute atomic E-state index is 0.176. The number of benzene rings is 1. The third-order valence-corrected chi connectivity index (χ3v) is 5.55. The first-order valence-electron chi connectivity index (χ1n) is 9.37. The minimum atomic E-state index is 0.176. The van der Waals surface area contributed by atoms with Crippen molar-refractivity contribution in [1.29, 1.82) is 0 Å². The van der Waals surface area contributed by atoms with Crippen LogP contribution in [-0.2, 0) is 11.2 Å². The fourth-order valence-electron chi connectivity index (χ4n) is 4.10. The fraction of sp³-hybridized carbons (Fsp3) is 0.391. The standard InChI is InChI=1S/C23H27NO2/c1-7-17-15(5)23-19(14(4)12-26-23)9-20(17)22(13(3)11-25)21-10-24-16(6)18(21)8-2/h9-12,16H,7-8H2,1-6H3/b22-13+. The molecule has 0 spiro atoms. The molecule has 0 saturated heterocycles. The van der Waals surface area contributed by atoms with Gasteiger partial charge in [-0.3, -0.25) is 9.79 Å². The van der Waals surface area contributed by atoms with E-state index in [1.807, 2.05) is 19.4 Å². The van der Waals surface area contributed by atoms with Crippen molar-refractivity contribution >= 4 is 29.0 Å². The van der Waals surface area contributed by atoms with Gasteiger partial charge in [0.15, 0.2) is 0 Å². The van der Waals surface area contributed by atoms with Gasteiger partial charge in [-0.25, -0.2) is 0 Å². The van der Waals surface area contributed by atoms with Gasteiger partial charge < -0.3 is 4.42 Å². The van der Waals surface area contributed by atoms with Gasteiger partial charge in [0.2, 0.25) is 0 Å². The zero-order valence-corrected chi connectivity index (χ0v) is 16.6. The van der Waals surface area contributed by atoms with E-state index < -0.39 is 0 Å². The average molecular weight is 349 g/mol. The maximum Gasteiger partial charge on any atom is 0.146 e. The van der Waals surface area contributed by atoms with Crippen LogP contribution in [0.25, 0.3) is 16.5 Å². The van der Waals surface area contributed by atoms with Gasteiger partial charge in [0.05, 0.1) is 12.3 Å². The molecule has 0 amide bonds. The van der Waals surface area contributed by atoms with Crippen LogP contribution in [0.15, 0.2) is 38.5 Å². The van der Waals surface area contributed by atoms with Crippen molar-refractivity contribution in [2.45, 2.75) is 60.4 Å². The Morgan fingerprint density at radius 2 is 2.00 bits per heavy atom. The van der Waals surface area contributed by atoms with Crippen LogP contribution in [0, 0.1) is 13.8 Å². The van der Waals surface area contributed by atoms with Gasteiger partial charge in [-0.1, -0.05) is 13.8 Å². The first-order valence-corrected chi connectivity index (χ1v) is 9.37. The first-order chi connectivity index (χ1) is 12.4. The number of aryl methyl sites for hydroxylation is 2. The lowest BCUT2D eigenvalue weighted by atomic mass is 9.84. The predicted octanol–water partition coefficient (Wildman–Crippen LogP) is 5.76. The van der Waals surface area contributed by atoms with Crippen molar-refractivity contribution in [3.05, 3.63) is 51.3 Å². The Balaban J connectivity index is 2.40. The van der Waals surface area contributed by atoms with Crippen LogP contribution >= 0.6 is 0 Å². The number of nitrogens with zero attached hydrogens (tertiary/aromatic N) is 1. The third kappa shape index (κ3) is 2.76. The molecule has 1 unspecified atom stereocenters. The van der Waals surface area contributed by atoms with Gasteiger partial charge >= 0.3 is 0 Å². The number of rotatable bonds is 5. The summed E-state index contributed by atoms with van der Waals surface area (Å²) in [5.74, 6) is 0. The highest BCUT2D eigenvalue weighted by atomic mass is 16.3. The number of furan rings is 1. The minimum Gasteiger partial charge on any atom is -0.464 e. The zero-order valence-electron chi connectivity index (χ0n) is 16.6. The molecule has 3 rings (SSSR count). The molecule has 26 heavy (non-hydrogen) atoms. The van der Waals surface area contributed by atoms with Crippen molar-refractivity contribution in [3.63, 3.8) is 0 Å². The number of aldehydes is 1. The molecule has 136 valence electrons. The van der Waals surface area contributed by atoms with Crippen molar-refractivity contribution < 1.29 is 9.21 Å². The maximum absolute atomic E-state index is 11.8. The highest BCUT2D eigenvalue weighted by Gasteiger charge is 2.25. The summed E-state index contributed by atoms with van der Waals surface area (Å²) in [6.07, 6.45) is 6.54. The van der Waals surface area contributed by atoms with Crippen LogP contribution in [0.5, 0.6) is 0 Å². The highest BCUT2D eigenvalue weighted by molar-refractivity contribution is 6.10. The SMILES string of the molecule is CCC1=C(/C(=C(\C)C=O)c2cc3c(C)coc3c(C)c2CC)C=NC1C. The topological polar surface area (TPSA) is 42.6 Å². The average Bonchev–Trinajstić information content (AvgIpc) is 3.18. The molecule has 3 heteroatoms. The van der Waals surface area contributed by atoms with E-state index in [1.54, 1.807) is 0 Å². The number of carbonyl (C=O) groups is 1. The number of allylic oxidation sites excluding steroid dienone is 3. The maximum atomic E-state index is 11.8. The van der Waals surface area contributed by atoms with Crippen molar-refractivity contribution in [3.8, 4) is 0 Å². The molecule has 0 aliphatic carbocycles. The van der Waals surface area contributed by atoms with Crippen LogP contribution in [0.1, 0.15) is 56.4 Å². The van der Waals surface area contributed by atoms with E-state index in [9.17, 15) is 4.79 Å². The summed E-state index contributed by atoms with van der Waals surface area (Å²) in [7, 11) is 0.